The summed E-state index contributed by atoms with van der Waals surface area (Å²) < 4.78 is 10.6. The molecule has 0 spiro atoms. The zero-order valence-corrected chi connectivity index (χ0v) is 17.9. The molecule has 152 valence electrons. The highest BCUT2D eigenvalue weighted by atomic mass is 32.1. The number of methoxy groups -OCH3 is 2. The van der Waals surface area contributed by atoms with E-state index in [2.05, 4.69) is 41.6 Å². The summed E-state index contributed by atoms with van der Waals surface area (Å²) in [6.07, 6.45) is 0.685. The molecule has 7 heteroatoms. The Morgan fingerprint density at radius 2 is 1.83 bits per heavy atom. The minimum absolute atomic E-state index is 0.185. The minimum atomic E-state index is -0.185. The van der Waals surface area contributed by atoms with Gasteiger partial charge in [-0.05, 0) is 61.2 Å². The molecule has 0 aliphatic rings. The van der Waals surface area contributed by atoms with Crippen LogP contribution in [0.2, 0.25) is 0 Å². The predicted molar refractivity (Wildman–Crippen MR) is 117 cm³/mol. The van der Waals surface area contributed by atoms with Crippen molar-refractivity contribution in [3.8, 4) is 11.5 Å². The van der Waals surface area contributed by atoms with Gasteiger partial charge in [-0.15, -0.1) is 11.3 Å². The lowest BCUT2D eigenvalue weighted by atomic mass is 10.1. The summed E-state index contributed by atoms with van der Waals surface area (Å²) in [6, 6.07) is 11.9. The molecule has 0 saturated carbocycles. The van der Waals surface area contributed by atoms with Gasteiger partial charge in [-0.3, -0.25) is 4.79 Å². The molecule has 3 rings (SSSR count). The van der Waals surface area contributed by atoms with Crippen molar-refractivity contribution in [1.29, 1.82) is 0 Å². The van der Waals surface area contributed by atoms with Crippen molar-refractivity contribution in [3.63, 3.8) is 0 Å². The summed E-state index contributed by atoms with van der Waals surface area (Å²) in [5.74, 6) is 1.18. The van der Waals surface area contributed by atoms with E-state index in [1.54, 1.807) is 19.6 Å². The van der Waals surface area contributed by atoms with E-state index in [1.807, 2.05) is 24.3 Å². The SMILES string of the molecule is COc1ccc(CCNC(=O)c2csc(Nc3ccc(C)c(C)c3)n2)cc1OC. The van der Waals surface area contributed by atoms with Gasteiger partial charge in [-0.1, -0.05) is 12.1 Å². The molecule has 0 radical (unpaired) electrons. The Balaban J connectivity index is 1.54. The second-order valence-corrected chi connectivity index (χ2v) is 7.52. The molecule has 1 aromatic heterocycles. The molecule has 0 aliphatic carbocycles. The quantitative estimate of drug-likeness (QED) is 0.571. The van der Waals surface area contributed by atoms with Crippen molar-refractivity contribution in [1.82, 2.24) is 10.3 Å². The van der Waals surface area contributed by atoms with Gasteiger partial charge in [0.15, 0.2) is 16.6 Å². The summed E-state index contributed by atoms with van der Waals surface area (Å²) >= 11 is 1.41. The average Bonchev–Trinajstić information content (AvgIpc) is 3.19. The smallest absolute Gasteiger partial charge is 0.270 e. The van der Waals surface area contributed by atoms with Crippen LogP contribution in [-0.4, -0.2) is 31.7 Å². The highest BCUT2D eigenvalue weighted by Gasteiger charge is 2.11. The lowest BCUT2D eigenvalue weighted by Crippen LogP contribution is -2.26. The van der Waals surface area contributed by atoms with Crippen molar-refractivity contribution >= 4 is 28.1 Å². The molecule has 3 aromatic rings. The molecule has 0 atom stereocenters. The monoisotopic (exact) mass is 411 g/mol. The summed E-state index contributed by atoms with van der Waals surface area (Å²) in [6.45, 7) is 4.65. The Labute approximate surface area is 174 Å². The van der Waals surface area contributed by atoms with E-state index in [0.717, 1.165) is 11.3 Å². The number of ether oxygens (including phenoxy) is 2. The predicted octanol–water partition coefficient (Wildman–Crippen LogP) is 4.49. The fourth-order valence-corrected chi connectivity index (χ4v) is 3.54. The molecule has 1 amide bonds. The fraction of sp³-hybridized carbons (Fsp3) is 0.273. The highest BCUT2D eigenvalue weighted by Crippen LogP contribution is 2.27. The number of rotatable bonds is 8. The van der Waals surface area contributed by atoms with Crippen molar-refractivity contribution in [3.05, 3.63) is 64.2 Å². The maximum atomic E-state index is 12.4. The Morgan fingerprint density at radius 3 is 2.55 bits per heavy atom. The van der Waals surface area contributed by atoms with Crippen molar-refractivity contribution in [2.45, 2.75) is 20.3 Å². The Kier molecular flexibility index (Phi) is 6.72. The van der Waals surface area contributed by atoms with Gasteiger partial charge >= 0.3 is 0 Å². The number of hydrogen-bond donors (Lipinski definition) is 2. The molecular weight excluding hydrogens is 386 g/mol. The summed E-state index contributed by atoms with van der Waals surface area (Å²) in [5.41, 5.74) is 4.87. The number of thiazole rings is 1. The summed E-state index contributed by atoms with van der Waals surface area (Å²) in [7, 11) is 3.21. The molecule has 0 bridgehead atoms. The number of anilines is 2. The molecule has 6 nitrogen and oxygen atoms in total. The average molecular weight is 412 g/mol. The van der Waals surface area contributed by atoms with E-state index in [1.165, 1.54) is 22.5 Å². The summed E-state index contributed by atoms with van der Waals surface area (Å²) in [4.78, 5) is 16.8. The number of aromatic nitrogens is 1. The third kappa shape index (κ3) is 5.26. The van der Waals surface area contributed by atoms with Gasteiger partial charge in [-0.25, -0.2) is 4.98 Å². The number of nitrogens with one attached hydrogen (secondary N) is 2. The molecule has 0 unspecified atom stereocenters. The number of carbonyl (C=O) groups excluding carboxylic acids is 1. The van der Waals surface area contributed by atoms with Crippen LogP contribution in [0.3, 0.4) is 0 Å². The second kappa shape index (κ2) is 9.43. The second-order valence-electron chi connectivity index (χ2n) is 6.66. The lowest BCUT2D eigenvalue weighted by molar-refractivity contribution is 0.0950. The lowest BCUT2D eigenvalue weighted by Gasteiger charge is -2.10. The topological polar surface area (TPSA) is 72.5 Å². The standard InChI is InChI=1S/C22H25N3O3S/c1-14-5-7-17(11-15(14)2)24-22-25-18(13-29-22)21(26)23-10-9-16-6-8-19(27-3)20(12-16)28-4/h5-8,11-13H,9-10H2,1-4H3,(H,23,26)(H,24,25). The van der Waals surface area contributed by atoms with E-state index in [9.17, 15) is 4.79 Å². The number of aryl methyl sites for hydroxylation is 2. The van der Waals surface area contributed by atoms with E-state index in [0.29, 0.717) is 35.3 Å². The Bertz CT molecular complexity index is 1000. The van der Waals surface area contributed by atoms with Gasteiger partial charge in [-0.2, -0.15) is 0 Å². The Morgan fingerprint density at radius 1 is 1.03 bits per heavy atom. The van der Waals surface area contributed by atoms with Crippen LogP contribution in [-0.2, 0) is 6.42 Å². The van der Waals surface area contributed by atoms with Gasteiger partial charge in [0.05, 0.1) is 14.2 Å². The number of benzene rings is 2. The van der Waals surface area contributed by atoms with Crippen molar-refractivity contribution < 1.29 is 14.3 Å². The number of amides is 1. The van der Waals surface area contributed by atoms with E-state index in [-0.39, 0.29) is 5.91 Å². The largest absolute Gasteiger partial charge is 0.493 e. The van der Waals surface area contributed by atoms with Crippen LogP contribution < -0.4 is 20.1 Å². The van der Waals surface area contributed by atoms with Crippen molar-refractivity contribution in [2.24, 2.45) is 0 Å². The van der Waals surface area contributed by atoms with E-state index in [4.69, 9.17) is 9.47 Å². The Hall–Kier alpha value is -3.06. The minimum Gasteiger partial charge on any atom is -0.493 e. The van der Waals surface area contributed by atoms with Crippen LogP contribution in [0.4, 0.5) is 10.8 Å². The number of nitrogens with zero attached hydrogens (tertiary/aromatic N) is 1. The van der Waals surface area contributed by atoms with Crippen molar-refractivity contribution in [2.75, 3.05) is 26.1 Å². The summed E-state index contributed by atoms with van der Waals surface area (Å²) in [5, 5.41) is 8.62. The van der Waals surface area contributed by atoms with Gasteiger partial charge in [0.25, 0.3) is 5.91 Å². The van der Waals surface area contributed by atoms with Crippen LogP contribution in [0.25, 0.3) is 0 Å². The normalized spacial score (nSPS) is 10.5. The molecule has 0 saturated heterocycles. The van der Waals surface area contributed by atoms with Crippen LogP contribution in [0.15, 0.2) is 41.8 Å². The number of hydrogen-bond acceptors (Lipinski definition) is 6. The highest BCUT2D eigenvalue weighted by molar-refractivity contribution is 7.14. The van der Waals surface area contributed by atoms with Crippen LogP contribution in [0, 0.1) is 13.8 Å². The molecule has 2 aromatic carbocycles. The van der Waals surface area contributed by atoms with Gasteiger partial charge < -0.3 is 20.1 Å². The molecule has 0 aliphatic heterocycles. The van der Waals surface area contributed by atoms with Crippen LogP contribution >= 0.6 is 11.3 Å². The maximum Gasteiger partial charge on any atom is 0.270 e. The first-order valence-corrected chi connectivity index (χ1v) is 10.2. The first kappa shape index (κ1) is 20.7. The number of carbonyl (C=O) groups is 1. The van der Waals surface area contributed by atoms with E-state index < -0.39 is 0 Å². The first-order chi connectivity index (χ1) is 14.0. The van der Waals surface area contributed by atoms with Crippen LogP contribution in [0.1, 0.15) is 27.2 Å². The van der Waals surface area contributed by atoms with E-state index >= 15 is 0 Å². The molecule has 29 heavy (non-hydrogen) atoms. The van der Waals surface area contributed by atoms with Gasteiger partial charge in [0.1, 0.15) is 5.69 Å². The molecular formula is C22H25N3O3S. The zero-order valence-electron chi connectivity index (χ0n) is 17.0. The molecule has 0 fully saturated rings. The maximum absolute atomic E-state index is 12.4. The third-order valence-corrected chi connectivity index (χ3v) is 5.40. The first-order valence-electron chi connectivity index (χ1n) is 9.29. The van der Waals surface area contributed by atoms with Crippen LogP contribution in [0.5, 0.6) is 11.5 Å². The zero-order chi connectivity index (χ0) is 20.8. The molecule has 1 heterocycles. The molecule has 2 N–H and O–H groups in total. The van der Waals surface area contributed by atoms with Gasteiger partial charge in [0.2, 0.25) is 0 Å². The van der Waals surface area contributed by atoms with Gasteiger partial charge in [0, 0.05) is 17.6 Å². The third-order valence-electron chi connectivity index (χ3n) is 4.64. The fourth-order valence-electron chi connectivity index (χ4n) is 2.83.